The second-order valence-corrected chi connectivity index (χ2v) is 3.81. The van der Waals surface area contributed by atoms with Crippen molar-refractivity contribution in [3.63, 3.8) is 0 Å². The summed E-state index contributed by atoms with van der Waals surface area (Å²) in [6.45, 7) is 2.84. The summed E-state index contributed by atoms with van der Waals surface area (Å²) >= 11 is 1.93. The third-order valence-corrected chi connectivity index (χ3v) is 2.47. The average Bonchev–Trinajstić information content (AvgIpc) is 2.37. The van der Waals surface area contributed by atoms with Crippen LogP contribution in [0.15, 0.2) is 4.99 Å². The molecule has 0 aromatic heterocycles. The first kappa shape index (κ1) is 8.71. The van der Waals surface area contributed by atoms with Crippen LogP contribution in [0.4, 0.5) is 0 Å². The van der Waals surface area contributed by atoms with E-state index in [1.165, 1.54) is 5.75 Å². The number of ether oxygens (including phenoxy) is 1. The molecule has 0 saturated carbocycles. The summed E-state index contributed by atoms with van der Waals surface area (Å²) in [5, 5.41) is 0. The van der Waals surface area contributed by atoms with Crippen LogP contribution in [0.25, 0.3) is 0 Å². The van der Waals surface area contributed by atoms with Crippen molar-refractivity contribution in [3.8, 4) is 0 Å². The number of amidine groups is 1. The average molecular weight is 174 g/mol. The lowest BCUT2D eigenvalue weighted by Gasteiger charge is -2.02. The molecule has 0 saturated heterocycles. The Labute approximate surface area is 71.4 Å². The Kier molecular flexibility index (Phi) is 3.56. The van der Waals surface area contributed by atoms with Crippen LogP contribution >= 0.6 is 11.8 Å². The fourth-order valence-electron chi connectivity index (χ4n) is 0.948. The molecule has 0 aromatic carbocycles. The fraction of sp³-hybridized carbons (Fsp3) is 0.857. The number of nitrogens with two attached hydrogens (primary N) is 1. The quantitative estimate of drug-likeness (QED) is 0.643. The Hall–Kier alpha value is -0.380. The van der Waals surface area contributed by atoms with E-state index in [4.69, 9.17) is 10.5 Å². The van der Waals surface area contributed by atoms with Gasteiger partial charge in [-0.1, -0.05) is 6.92 Å². The van der Waals surface area contributed by atoms with Gasteiger partial charge in [0.15, 0.2) is 0 Å². The third-order valence-electron chi connectivity index (χ3n) is 1.53. The fourth-order valence-corrected chi connectivity index (χ4v) is 1.68. The Morgan fingerprint density at radius 2 is 2.64 bits per heavy atom. The molecule has 0 bridgehead atoms. The topological polar surface area (TPSA) is 47.6 Å². The number of nitrogens with zero attached hydrogens (tertiary/aromatic N) is 1. The zero-order valence-corrected chi connectivity index (χ0v) is 7.56. The predicted molar refractivity (Wildman–Crippen MR) is 49.0 cm³/mol. The van der Waals surface area contributed by atoms with Gasteiger partial charge in [-0.2, -0.15) is 11.8 Å². The summed E-state index contributed by atoms with van der Waals surface area (Å²) in [5.41, 5.74) is 5.35. The van der Waals surface area contributed by atoms with E-state index in [0.29, 0.717) is 18.7 Å². The highest BCUT2D eigenvalue weighted by molar-refractivity contribution is 7.99. The lowest BCUT2D eigenvalue weighted by molar-refractivity contribution is 0.311. The van der Waals surface area contributed by atoms with Crippen molar-refractivity contribution < 1.29 is 4.74 Å². The van der Waals surface area contributed by atoms with E-state index in [1.807, 2.05) is 11.8 Å². The molecule has 0 fully saturated rings. The Balaban J connectivity index is 2.08. The van der Waals surface area contributed by atoms with Crippen molar-refractivity contribution in [2.45, 2.75) is 19.4 Å². The molecule has 1 aliphatic rings. The second-order valence-electron chi connectivity index (χ2n) is 2.42. The van der Waals surface area contributed by atoms with E-state index >= 15 is 0 Å². The normalized spacial score (nSPS) is 23.0. The van der Waals surface area contributed by atoms with Gasteiger partial charge in [-0.25, -0.2) is 4.99 Å². The van der Waals surface area contributed by atoms with Crippen molar-refractivity contribution in [1.82, 2.24) is 0 Å². The molecule has 0 radical (unpaired) electrons. The molecule has 11 heavy (non-hydrogen) atoms. The number of thioether (sulfide) groups is 1. The number of aliphatic imine (C=N–C) groups is 1. The minimum atomic E-state index is 0.314. The van der Waals surface area contributed by atoms with E-state index in [1.54, 1.807) is 0 Å². The maximum absolute atomic E-state index is 5.35. The first-order valence-corrected chi connectivity index (χ1v) is 5.02. The van der Waals surface area contributed by atoms with E-state index in [-0.39, 0.29) is 0 Å². The molecular formula is C7H14N2OS. The van der Waals surface area contributed by atoms with E-state index < -0.39 is 0 Å². The highest BCUT2D eigenvalue weighted by atomic mass is 32.2. The van der Waals surface area contributed by atoms with Crippen LogP contribution in [0, 0.1) is 0 Å². The molecule has 1 unspecified atom stereocenters. The molecule has 1 rings (SSSR count). The summed E-state index contributed by atoms with van der Waals surface area (Å²) in [6, 6.07) is 0.672. The molecule has 0 aromatic rings. The highest BCUT2D eigenvalue weighted by Crippen LogP contribution is 2.10. The largest absolute Gasteiger partial charge is 0.463 e. The van der Waals surface area contributed by atoms with Gasteiger partial charge in [0, 0.05) is 0 Å². The predicted octanol–water partition coefficient (Wildman–Crippen LogP) is 0.843. The Morgan fingerprint density at radius 3 is 3.18 bits per heavy atom. The van der Waals surface area contributed by atoms with Crippen LogP contribution in [-0.4, -0.2) is 30.2 Å². The minimum Gasteiger partial charge on any atom is -0.463 e. The maximum atomic E-state index is 5.35. The Morgan fingerprint density at radius 1 is 1.82 bits per heavy atom. The van der Waals surface area contributed by atoms with Gasteiger partial charge in [0.05, 0.1) is 6.04 Å². The van der Waals surface area contributed by atoms with Gasteiger partial charge in [-0.3, -0.25) is 0 Å². The molecule has 64 valence electrons. The molecule has 0 spiro atoms. The molecule has 0 aliphatic carbocycles. The summed E-state index contributed by atoms with van der Waals surface area (Å²) in [7, 11) is 0. The van der Waals surface area contributed by atoms with Gasteiger partial charge in [0.2, 0.25) is 0 Å². The molecule has 2 N–H and O–H groups in total. The van der Waals surface area contributed by atoms with Crippen LogP contribution in [0.1, 0.15) is 13.3 Å². The third kappa shape index (κ3) is 3.01. The zero-order chi connectivity index (χ0) is 8.10. The van der Waals surface area contributed by atoms with E-state index in [0.717, 1.165) is 12.2 Å². The van der Waals surface area contributed by atoms with Gasteiger partial charge >= 0.3 is 0 Å². The molecule has 1 aliphatic heterocycles. The minimum absolute atomic E-state index is 0.314. The molecule has 3 nitrogen and oxygen atoms in total. The lowest BCUT2D eigenvalue weighted by atomic mass is 10.3. The first-order chi connectivity index (χ1) is 5.33. The Bertz CT molecular complexity index is 149. The number of hydrogen-bond acceptors (Lipinski definition) is 4. The van der Waals surface area contributed by atoms with Gasteiger partial charge < -0.3 is 10.5 Å². The van der Waals surface area contributed by atoms with Crippen LogP contribution in [0.2, 0.25) is 0 Å². The van der Waals surface area contributed by atoms with Crippen LogP contribution in [-0.2, 0) is 4.74 Å². The lowest BCUT2D eigenvalue weighted by Crippen LogP contribution is -2.10. The van der Waals surface area contributed by atoms with Gasteiger partial charge in [-0.15, -0.1) is 0 Å². The van der Waals surface area contributed by atoms with Crippen molar-refractivity contribution in [2.75, 3.05) is 18.1 Å². The van der Waals surface area contributed by atoms with Gasteiger partial charge in [0.25, 0.3) is 6.02 Å². The van der Waals surface area contributed by atoms with Crippen molar-refractivity contribution >= 4 is 17.8 Å². The van der Waals surface area contributed by atoms with Crippen molar-refractivity contribution in [2.24, 2.45) is 10.7 Å². The van der Waals surface area contributed by atoms with Crippen molar-refractivity contribution in [3.05, 3.63) is 0 Å². The summed E-state index contributed by atoms with van der Waals surface area (Å²) in [5.74, 6) is 2.33. The molecule has 4 heteroatoms. The monoisotopic (exact) mass is 174 g/mol. The molecule has 1 atom stereocenters. The maximum Gasteiger partial charge on any atom is 0.282 e. The summed E-state index contributed by atoms with van der Waals surface area (Å²) in [6.07, 6.45) is 1.08. The highest BCUT2D eigenvalue weighted by Gasteiger charge is 2.15. The second kappa shape index (κ2) is 4.49. The molecule has 1 heterocycles. The molecule has 0 amide bonds. The standard InChI is InChI=1S/C7H14N2OS/c1-2-11-4-3-6-5-10-7(8)9-6/h6H,2-5H2,1H3,(H2,8,9). The van der Waals surface area contributed by atoms with Gasteiger partial charge in [-0.05, 0) is 17.9 Å². The molecular weight excluding hydrogens is 160 g/mol. The summed E-state index contributed by atoms with van der Waals surface area (Å²) < 4.78 is 5.01. The SMILES string of the molecule is CCSCCC1COC(N)=N1. The van der Waals surface area contributed by atoms with E-state index in [2.05, 4.69) is 11.9 Å². The van der Waals surface area contributed by atoms with Crippen molar-refractivity contribution in [1.29, 1.82) is 0 Å². The summed E-state index contributed by atoms with van der Waals surface area (Å²) in [4.78, 5) is 4.12. The van der Waals surface area contributed by atoms with Crippen LogP contribution < -0.4 is 5.73 Å². The van der Waals surface area contributed by atoms with Gasteiger partial charge in [0.1, 0.15) is 6.61 Å². The van der Waals surface area contributed by atoms with E-state index in [9.17, 15) is 0 Å². The number of hydrogen-bond donors (Lipinski definition) is 1. The number of rotatable bonds is 4. The zero-order valence-electron chi connectivity index (χ0n) is 6.75. The smallest absolute Gasteiger partial charge is 0.282 e. The first-order valence-electron chi connectivity index (χ1n) is 3.86. The van der Waals surface area contributed by atoms with Crippen LogP contribution in [0.3, 0.4) is 0 Å². The van der Waals surface area contributed by atoms with Crippen LogP contribution in [0.5, 0.6) is 0 Å².